The van der Waals surface area contributed by atoms with Gasteiger partial charge in [0.05, 0.1) is 6.20 Å². The fourth-order valence-corrected chi connectivity index (χ4v) is 2.18. The predicted octanol–water partition coefficient (Wildman–Crippen LogP) is 0.738. The Bertz CT molecular complexity index is 714. The van der Waals surface area contributed by atoms with Crippen LogP contribution in [0.2, 0.25) is 0 Å². The maximum absolute atomic E-state index is 12.0. The van der Waals surface area contributed by atoms with Gasteiger partial charge in [0.15, 0.2) is 5.69 Å². The molecule has 0 aliphatic heterocycles. The Hall–Kier alpha value is -2.45. The number of aromatic nitrogens is 3. The first-order valence-electron chi connectivity index (χ1n) is 7.69. The van der Waals surface area contributed by atoms with E-state index in [4.69, 9.17) is 11.5 Å². The molecule has 1 atom stereocenters. The van der Waals surface area contributed by atoms with Gasteiger partial charge in [-0.25, -0.2) is 4.68 Å². The van der Waals surface area contributed by atoms with Crippen LogP contribution in [0, 0.1) is 0 Å². The lowest BCUT2D eigenvalue weighted by molar-refractivity contribution is -0.118. The van der Waals surface area contributed by atoms with Crippen LogP contribution in [0.15, 0.2) is 30.5 Å². The number of amides is 2. The molecule has 2 aromatic rings. The highest BCUT2D eigenvalue weighted by molar-refractivity contribution is 5.91. The average Bonchev–Trinajstić information content (AvgIpc) is 3.00. The van der Waals surface area contributed by atoms with Gasteiger partial charge in [-0.15, -0.1) is 17.5 Å². The monoisotopic (exact) mass is 366 g/mol. The topological polar surface area (TPSA) is 129 Å². The normalized spacial score (nSPS) is 11.7. The highest BCUT2D eigenvalue weighted by Gasteiger charge is 2.14. The molecule has 9 heteroatoms. The van der Waals surface area contributed by atoms with Crippen molar-refractivity contribution in [1.29, 1.82) is 0 Å². The highest BCUT2D eigenvalue weighted by Crippen LogP contribution is 2.17. The molecule has 136 valence electrons. The van der Waals surface area contributed by atoms with Crippen molar-refractivity contribution in [3.8, 4) is 0 Å². The van der Waals surface area contributed by atoms with Crippen LogP contribution in [0.4, 0.5) is 0 Å². The van der Waals surface area contributed by atoms with E-state index >= 15 is 0 Å². The molecule has 1 unspecified atom stereocenters. The SMILES string of the molecule is CC(C)c1ccc(C(N)CNC(=O)c2cn(CC(N)=O)nn2)cc1.Cl. The fraction of sp³-hybridized carbons (Fsp3) is 0.375. The van der Waals surface area contributed by atoms with Crippen molar-refractivity contribution in [2.24, 2.45) is 11.5 Å². The zero-order valence-corrected chi connectivity index (χ0v) is 15.0. The molecule has 2 rings (SSSR count). The van der Waals surface area contributed by atoms with Crippen LogP contribution in [-0.2, 0) is 11.3 Å². The smallest absolute Gasteiger partial charge is 0.273 e. The van der Waals surface area contributed by atoms with Gasteiger partial charge in [0, 0.05) is 12.6 Å². The second kappa shape index (κ2) is 9.14. The van der Waals surface area contributed by atoms with Crippen molar-refractivity contribution >= 4 is 24.2 Å². The Balaban J connectivity index is 0.00000312. The van der Waals surface area contributed by atoms with E-state index in [1.165, 1.54) is 16.4 Å². The van der Waals surface area contributed by atoms with Gasteiger partial charge >= 0.3 is 0 Å². The summed E-state index contributed by atoms with van der Waals surface area (Å²) in [6, 6.07) is 7.69. The quantitative estimate of drug-likeness (QED) is 0.665. The predicted molar refractivity (Wildman–Crippen MR) is 96.3 cm³/mol. The number of nitrogens with zero attached hydrogens (tertiary/aromatic N) is 3. The van der Waals surface area contributed by atoms with Gasteiger partial charge in [-0.2, -0.15) is 0 Å². The van der Waals surface area contributed by atoms with E-state index in [1.54, 1.807) is 0 Å². The molecule has 1 aromatic carbocycles. The van der Waals surface area contributed by atoms with Crippen molar-refractivity contribution < 1.29 is 9.59 Å². The van der Waals surface area contributed by atoms with Gasteiger partial charge in [-0.05, 0) is 17.0 Å². The lowest BCUT2D eigenvalue weighted by Gasteiger charge is -2.14. The number of carbonyl (C=O) groups is 2. The number of hydrogen-bond donors (Lipinski definition) is 3. The van der Waals surface area contributed by atoms with Crippen molar-refractivity contribution in [2.45, 2.75) is 32.4 Å². The van der Waals surface area contributed by atoms with Crippen LogP contribution in [0.5, 0.6) is 0 Å². The Morgan fingerprint density at radius 2 is 1.80 bits per heavy atom. The summed E-state index contributed by atoms with van der Waals surface area (Å²) in [5, 5.41) is 10.1. The fourth-order valence-electron chi connectivity index (χ4n) is 2.18. The Morgan fingerprint density at radius 1 is 1.20 bits per heavy atom. The average molecular weight is 367 g/mol. The summed E-state index contributed by atoms with van der Waals surface area (Å²) in [4.78, 5) is 22.8. The van der Waals surface area contributed by atoms with Gasteiger partial charge < -0.3 is 16.8 Å². The molecule has 0 bridgehead atoms. The third kappa shape index (κ3) is 5.84. The summed E-state index contributed by atoms with van der Waals surface area (Å²) in [6.45, 7) is 4.39. The van der Waals surface area contributed by atoms with E-state index in [0.29, 0.717) is 5.92 Å². The van der Waals surface area contributed by atoms with Gasteiger partial charge in [0.25, 0.3) is 5.91 Å². The molecule has 0 spiro atoms. The van der Waals surface area contributed by atoms with E-state index in [-0.39, 0.29) is 37.2 Å². The first-order valence-corrected chi connectivity index (χ1v) is 7.69. The van der Waals surface area contributed by atoms with Crippen molar-refractivity contribution in [3.63, 3.8) is 0 Å². The number of hydrogen-bond acceptors (Lipinski definition) is 5. The summed E-state index contributed by atoms with van der Waals surface area (Å²) in [5.41, 5.74) is 13.4. The van der Waals surface area contributed by atoms with E-state index in [0.717, 1.165) is 5.56 Å². The zero-order chi connectivity index (χ0) is 17.7. The molecule has 8 nitrogen and oxygen atoms in total. The van der Waals surface area contributed by atoms with E-state index < -0.39 is 11.8 Å². The van der Waals surface area contributed by atoms with Crippen LogP contribution in [0.25, 0.3) is 0 Å². The lowest BCUT2D eigenvalue weighted by atomic mass is 9.99. The second-order valence-electron chi connectivity index (χ2n) is 5.91. The zero-order valence-electron chi connectivity index (χ0n) is 14.2. The molecule has 1 aromatic heterocycles. The Morgan fingerprint density at radius 3 is 2.36 bits per heavy atom. The largest absolute Gasteiger partial charge is 0.368 e. The van der Waals surface area contributed by atoms with Gasteiger partial charge in [-0.1, -0.05) is 43.3 Å². The van der Waals surface area contributed by atoms with Crippen molar-refractivity contribution in [2.75, 3.05) is 6.54 Å². The summed E-state index contributed by atoms with van der Waals surface area (Å²) in [6.07, 6.45) is 1.36. The molecule has 0 aliphatic carbocycles. The van der Waals surface area contributed by atoms with Gasteiger partial charge in [-0.3, -0.25) is 9.59 Å². The number of nitrogens with one attached hydrogen (secondary N) is 1. The van der Waals surface area contributed by atoms with Crippen LogP contribution in [0.1, 0.15) is 47.4 Å². The minimum Gasteiger partial charge on any atom is -0.368 e. The van der Waals surface area contributed by atoms with E-state index in [9.17, 15) is 9.59 Å². The molecule has 5 N–H and O–H groups in total. The number of primary amides is 1. The van der Waals surface area contributed by atoms with E-state index in [1.807, 2.05) is 24.3 Å². The maximum Gasteiger partial charge on any atom is 0.273 e. The number of nitrogens with two attached hydrogens (primary N) is 2. The number of rotatable bonds is 7. The minimum atomic E-state index is -0.557. The third-order valence-electron chi connectivity index (χ3n) is 3.60. The molecular weight excluding hydrogens is 344 g/mol. The van der Waals surface area contributed by atoms with E-state index in [2.05, 4.69) is 29.5 Å². The van der Waals surface area contributed by atoms with Crippen LogP contribution >= 0.6 is 12.4 Å². The Labute approximate surface area is 152 Å². The number of carbonyl (C=O) groups excluding carboxylic acids is 2. The maximum atomic E-state index is 12.0. The van der Waals surface area contributed by atoms with Gasteiger partial charge in [0.1, 0.15) is 6.54 Å². The summed E-state index contributed by atoms with van der Waals surface area (Å²) in [5.74, 6) is -0.503. The van der Waals surface area contributed by atoms with Crippen molar-refractivity contribution in [1.82, 2.24) is 20.3 Å². The number of benzene rings is 1. The number of halogens is 1. The van der Waals surface area contributed by atoms with Gasteiger partial charge in [0.2, 0.25) is 5.91 Å². The first kappa shape index (κ1) is 20.6. The molecule has 0 saturated carbocycles. The summed E-state index contributed by atoms with van der Waals surface area (Å²) >= 11 is 0. The molecule has 1 heterocycles. The summed E-state index contributed by atoms with van der Waals surface area (Å²) in [7, 11) is 0. The first-order chi connectivity index (χ1) is 11.4. The van der Waals surface area contributed by atoms with Crippen LogP contribution < -0.4 is 16.8 Å². The van der Waals surface area contributed by atoms with Crippen molar-refractivity contribution in [3.05, 3.63) is 47.3 Å². The van der Waals surface area contributed by atoms with Crippen LogP contribution in [-0.4, -0.2) is 33.4 Å². The van der Waals surface area contributed by atoms with Crippen LogP contribution in [0.3, 0.4) is 0 Å². The standard InChI is InChI=1S/C16H22N6O2.ClH/c1-10(2)11-3-5-12(6-4-11)13(17)7-19-16(24)14-8-22(21-20-14)9-15(18)23;/h3-6,8,10,13H,7,9,17H2,1-2H3,(H2,18,23)(H,19,24);1H. The minimum absolute atomic E-state index is 0. The molecule has 0 aliphatic rings. The molecule has 2 amide bonds. The molecular formula is C16H23ClN6O2. The molecule has 0 radical (unpaired) electrons. The molecule has 0 fully saturated rings. The lowest BCUT2D eigenvalue weighted by Crippen LogP contribution is -2.32. The third-order valence-corrected chi connectivity index (χ3v) is 3.60. The highest BCUT2D eigenvalue weighted by atomic mass is 35.5. The molecule has 0 saturated heterocycles. The second-order valence-corrected chi connectivity index (χ2v) is 5.91. The Kier molecular flexibility index (Phi) is 7.53. The molecule has 25 heavy (non-hydrogen) atoms. The summed E-state index contributed by atoms with van der Waals surface area (Å²) < 4.78 is 1.21.